The molecule has 2 aromatic heterocycles. The van der Waals surface area contributed by atoms with E-state index in [1.165, 1.54) is 18.4 Å². The zero-order valence-corrected chi connectivity index (χ0v) is 17.5. The van der Waals surface area contributed by atoms with Gasteiger partial charge in [0.2, 0.25) is 0 Å². The topological polar surface area (TPSA) is 102 Å². The summed E-state index contributed by atoms with van der Waals surface area (Å²) < 4.78 is 0. The molecule has 1 aliphatic heterocycles. The number of amides is 2. The van der Waals surface area contributed by atoms with Crippen LogP contribution in [0.25, 0.3) is 22.6 Å². The van der Waals surface area contributed by atoms with Gasteiger partial charge in [-0.15, -0.1) is 0 Å². The number of urea groups is 1. The number of nitrogens with zero attached hydrogens (tertiary/aromatic N) is 3. The van der Waals surface area contributed by atoms with Gasteiger partial charge in [-0.1, -0.05) is 6.07 Å². The van der Waals surface area contributed by atoms with Crippen LogP contribution in [0.5, 0.6) is 0 Å². The van der Waals surface area contributed by atoms with Crippen molar-refractivity contribution in [3.8, 4) is 11.5 Å². The average molecular weight is 424 g/mol. The number of benzene rings is 1. The molecule has 3 aliphatic rings. The number of rotatable bonds is 5. The molecular formula is C21H25N7OS. The van der Waals surface area contributed by atoms with Crippen LogP contribution in [0.15, 0.2) is 24.4 Å². The molecule has 4 N–H and O–H groups in total. The molecule has 3 aromatic rings. The highest BCUT2D eigenvalue weighted by Crippen LogP contribution is 2.41. The number of likely N-dealkylation sites (tertiary alicyclic amines) is 1. The van der Waals surface area contributed by atoms with Gasteiger partial charge in [0.15, 0.2) is 5.82 Å². The van der Waals surface area contributed by atoms with E-state index in [9.17, 15) is 4.79 Å². The normalized spacial score (nSPS) is 25.8. The molecule has 2 bridgehead atoms. The van der Waals surface area contributed by atoms with Gasteiger partial charge in [0.25, 0.3) is 0 Å². The van der Waals surface area contributed by atoms with Crippen LogP contribution in [-0.4, -0.2) is 55.0 Å². The summed E-state index contributed by atoms with van der Waals surface area (Å²) in [6, 6.07) is 7.16. The lowest BCUT2D eigenvalue weighted by atomic mass is 10.1. The summed E-state index contributed by atoms with van der Waals surface area (Å²) in [5.74, 6) is 1.41. The van der Waals surface area contributed by atoms with Crippen LogP contribution >= 0.6 is 12.6 Å². The van der Waals surface area contributed by atoms with E-state index in [0.29, 0.717) is 34.5 Å². The number of aromatic nitrogens is 4. The lowest BCUT2D eigenvalue weighted by Gasteiger charge is -2.29. The molecule has 1 saturated heterocycles. The smallest absolute Gasteiger partial charge is 0.319 e. The molecule has 3 atom stereocenters. The van der Waals surface area contributed by atoms with Crippen LogP contribution in [0, 0.1) is 5.92 Å². The Labute approximate surface area is 179 Å². The number of aromatic amines is 2. The van der Waals surface area contributed by atoms with E-state index in [0.717, 1.165) is 42.9 Å². The van der Waals surface area contributed by atoms with Crippen molar-refractivity contribution in [2.24, 2.45) is 5.92 Å². The molecule has 3 unspecified atom stereocenters. The van der Waals surface area contributed by atoms with E-state index in [1.54, 1.807) is 6.20 Å². The van der Waals surface area contributed by atoms with E-state index in [1.807, 2.05) is 0 Å². The minimum atomic E-state index is -0.207. The van der Waals surface area contributed by atoms with Gasteiger partial charge >= 0.3 is 6.03 Å². The summed E-state index contributed by atoms with van der Waals surface area (Å²) in [5.41, 5.74) is 4.46. The maximum absolute atomic E-state index is 12.1. The first-order valence-electron chi connectivity index (χ1n) is 10.6. The molecule has 2 aliphatic carbocycles. The molecule has 2 amide bonds. The second kappa shape index (κ2) is 7.02. The number of imidazole rings is 1. The minimum absolute atomic E-state index is 0.207. The number of hydrogen-bond donors (Lipinski definition) is 5. The molecule has 9 heteroatoms. The van der Waals surface area contributed by atoms with Crippen molar-refractivity contribution >= 4 is 35.4 Å². The molecular weight excluding hydrogens is 398 g/mol. The van der Waals surface area contributed by atoms with Crippen LogP contribution in [-0.2, 0) is 6.54 Å². The van der Waals surface area contributed by atoms with Crippen molar-refractivity contribution in [3.05, 3.63) is 30.0 Å². The Morgan fingerprint density at radius 1 is 1.30 bits per heavy atom. The Kier molecular flexibility index (Phi) is 4.28. The molecule has 156 valence electrons. The third-order valence-corrected chi connectivity index (χ3v) is 7.22. The van der Waals surface area contributed by atoms with Crippen molar-refractivity contribution in [1.29, 1.82) is 0 Å². The molecule has 0 radical (unpaired) electrons. The first-order chi connectivity index (χ1) is 14.6. The van der Waals surface area contributed by atoms with Gasteiger partial charge in [0, 0.05) is 30.4 Å². The van der Waals surface area contributed by atoms with E-state index in [4.69, 9.17) is 17.6 Å². The number of piperidine rings is 1. The molecule has 1 aromatic carbocycles. The predicted molar refractivity (Wildman–Crippen MR) is 119 cm³/mol. The number of carbonyl (C=O) groups is 1. The molecule has 3 fully saturated rings. The second-order valence-electron chi connectivity index (χ2n) is 8.85. The predicted octanol–water partition coefficient (Wildman–Crippen LogP) is 3.13. The fourth-order valence-electron chi connectivity index (χ4n) is 4.85. The third-order valence-electron chi connectivity index (χ3n) is 6.59. The first kappa shape index (κ1) is 18.3. The van der Waals surface area contributed by atoms with Crippen molar-refractivity contribution in [3.63, 3.8) is 0 Å². The summed E-state index contributed by atoms with van der Waals surface area (Å²) in [5, 5.41) is 13.4. The monoisotopic (exact) mass is 423 g/mol. The zero-order chi connectivity index (χ0) is 20.2. The Hall–Kier alpha value is -2.52. The number of hydrogen-bond acceptors (Lipinski definition) is 5. The maximum Gasteiger partial charge on any atom is 0.319 e. The first-order valence-corrected chi connectivity index (χ1v) is 11.2. The Morgan fingerprint density at radius 3 is 2.97 bits per heavy atom. The Balaban J connectivity index is 1.20. The number of anilines is 1. The molecule has 0 spiro atoms. The highest BCUT2D eigenvalue weighted by atomic mass is 32.1. The van der Waals surface area contributed by atoms with E-state index >= 15 is 0 Å². The number of carbonyl (C=O) groups excluding carboxylic acids is 1. The maximum atomic E-state index is 12.1. The highest BCUT2D eigenvalue weighted by molar-refractivity contribution is 7.81. The van der Waals surface area contributed by atoms with E-state index in [-0.39, 0.29) is 6.03 Å². The third kappa shape index (κ3) is 3.35. The van der Waals surface area contributed by atoms with Gasteiger partial charge in [0.05, 0.1) is 22.9 Å². The van der Waals surface area contributed by atoms with Crippen LogP contribution < -0.4 is 10.6 Å². The number of fused-ring (bicyclic) bond motifs is 3. The van der Waals surface area contributed by atoms with Crippen LogP contribution in [0.4, 0.5) is 10.5 Å². The van der Waals surface area contributed by atoms with Crippen molar-refractivity contribution in [2.75, 3.05) is 11.9 Å². The van der Waals surface area contributed by atoms with Gasteiger partial charge in [0.1, 0.15) is 5.69 Å². The second-order valence-corrected chi connectivity index (χ2v) is 9.51. The zero-order valence-electron chi connectivity index (χ0n) is 16.6. The fourth-order valence-corrected chi connectivity index (χ4v) is 5.31. The van der Waals surface area contributed by atoms with Gasteiger partial charge in [-0.25, -0.2) is 9.78 Å². The number of nitrogens with one attached hydrogen (secondary N) is 4. The number of H-pyrrole nitrogens is 2. The summed E-state index contributed by atoms with van der Waals surface area (Å²) in [7, 11) is 0. The van der Waals surface area contributed by atoms with Crippen molar-refractivity contribution < 1.29 is 4.79 Å². The molecule has 30 heavy (non-hydrogen) atoms. The standard InChI is InChI=1S/C21H25N7OS/c29-21(23-13-2-3-13)26-17-8-22-27-19(17)20-24-15-4-1-11(5-16(15)25-20)9-28-10-12-6-14(28)7-18(12)30/h1,4-5,8,12-14,18,30H,2-3,6-7,9-10H2,(H,22,27)(H,24,25)(H2,23,26,29). The summed E-state index contributed by atoms with van der Waals surface area (Å²) >= 11 is 4.71. The lowest BCUT2D eigenvalue weighted by Crippen LogP contribution is -2.35. The van der Waals surface area contributed by atoms with Gasteiger partial charge in [-0.05, 0) is 49.3 Å². The highest BCUT2D eigenvalue weighted by Gasteiger charge is 2.42. The minimum Gasteiger partial charge on any atom is -0.337 e. The van der Waals surface area contributed by atoms with E-state index < -0.39 is 0 Å². The fraction of sp³-hybridized carbons (Fsp3) is 0.476. The summed E-state index contributed by atoms with van der Waals surface area (Å²) in [4.78, 5) is 22.8. The SMILES string of the molecule is O=C(Nc1cn[nH]c1-c1nc2ccc(CN3CC4CC3CC4S)cc2[nH]1)NC1CC1. The Bertz CT molecular complexity index is 1100. The van der Waals surface area contributed by atoms with Gasteiger partial charge < -0.3 is 15.6 Å². The molecule has 6 rings (SSSR count). The van der Waals surface area contributed by atoms with Gasteiger partial charge in [-0.2, -0.15) is 17.7 Å². The summed E-state index contributed by atoms with van der Waals surface area (Å²) in [6.45, 7) is 2.11. The van der Waals surface area contributed by atoms with Gasteiger partial charge in [-0.3, -0.25) is 10.00 Å². The van der Waals surface area contributed by atoms with E-state index in [2.05, 4.69) is 48.9 Å². The lowest BCUT2D eigenvalue weighted by molar-refractivity contribution is 0.209. The number of thiol groups is 1. The van der Waals surface area contributed by atoms with Crippen molar-refractivity contribution in [1.82, 2.24) is 30.4 Å². The molecule has 8 nitrogen and oxygen atoms in total. The summed E-state index contributed by atoms with van der Waals surface area (Å²) in [6.07, 6.45) is 6.19. The van der Waals surface area contributed by atoms with Crippen LogP contribution in [0.1, 0.15) is 31.2 Å². The van der Waals surface area contributed by atoms with Crippen LogP contribution in [0.3, 0.4) is 0 Å². The largest absolute Gasteiger partial charge is 0.337 e. The average Bonchev–Trinajstić information content (AvgIpc) is 3.08. The molecule has 2 saturated carbocycles. The molecule has 3 heterocycles. The quantitative estimate of drug-likeness (QED) is 0.407. The van der Waals surface area contributed by atoms with Crippen LogP contribution in [0.2, 0.25) is 0 Å². The van der Waals surface area contributed by atoms with Crippen molar-refractivity contribution in [2.45, 2.75) is 49.6 Å². The Morgan fingerprint density at radius 2 is 2.20 bits per heavy atom.